The van der Waals surface area contributed by atoms with Crippen LogP contribution in [0.4, 0.5) is 0 Å². The Labute approximate surface area is 167 Å². The average Bonchev–Trinajstić information content (AvgIpc) is 2.68. The van der Waals surface area contributed by atoms with Crippen molar-refractivity contribution >= 4 is 12.8 Å². The van der Waals surface area contributed by atoms with Gasteiger partial charge < -0.3 is 15.7 Å². The van der Waals surface area contributed by atoms with Gasteiger partial charge in [0.25, 0.3) is 5.91 Å². The molecule has 1 amide bonds. The van der Waals surface area contributed by atoms with Crippen LogP contribution in [0, 0.1) is 5.92 Å². The molecule has 2 rings (SSSR count). The monoisotopic (exact) mass is 380 g/mol. The van der Waals surface area contributed by atoms with Gasteiger partial charge in [-0.15, -0.1) is 0 Å². The topological polar surface area (TPSA) is 87.1 Å². The molecule has 148 valence electrons. The minimum absolute atomic E-state index is 0.140. The Morgan fingerprint density at radius 1 is 1.21 bits per heavy atom. The van der Waals surface area contributed by atoms with Crippen molar-refractivity contribution in [3.05, 3.63) is 72.5 Å². The van der Waals surface area contributed by atoms with Crippen molar-refractivity contribution in [3.63, 3.8) is 0 Å². The molecule has 0 saturated carbocycles. The van der Waals surface area contributed by atoms with E-state index in [2.05, 4.69) is 41.0 Å². The van der Waals surface area contributed by atoms with Crippen LogP contribution in [0.5, 0.6) is 0 Å². The lowest BCUT2D eigenvalue weighted by Crippen LogP contribution is -2.48. The maximum atomic E-state index is 12.6. The van der Waals surface area contributed by atoms with Crippen LogP contribution in [0.25, 0.3) is 0 Å². The van der Waals surface area contributed by atoms with Gasteiger partial charge in [0.05, 0.1) is 12.2 Å². The predicted molar refractivity (Wildman–Crippen MR) is 113 cm³/mol. The van der Waals surface area contributed by atoms with Gasteiger partial charge in [-0.2, -0.15) is 0 Å². The fourth-order valence-electron chi connectivity index (χ4n) is 2.98. The molecule has 1 aromatic heterocycles. The minimum Gasteiger partial charge on any atom is -0.449 e. The summed E-state index contributed by atoms with van der Waals surface area (Å²) in [6, 6.07) is 9.54. The van der Waals surface area contributed by atoms with E-state index in [0.29, 0.717) is 18.0 Å². The van der Waals surface area contributed by atoms with E-state index >= 15 is 0 Å². The summed E-state index contributed by atoms with van der Waals surface area (Å²) in [7, 11) is 0. The van der Waals surface area contributed by atoms with Gasteiger partial charge in [0, 0.05) is 24.0 Å². The lowest BCUT2D eigenvalue weighted by Gasteiger charge is -2.28. The first-order valence-corrected chi connectivity index (χ1v) is 9.61. The molecule has 0 bridgehead atoms. The summed E-state index contributed by atoms with van der Waals surface area (Å²) < 4.78 is 0. The zero-order valence-corrected chi connectivity index (χ0v) is 16.8. The molecule has 1 heterocycles. The molecule has 2 aromatic rings. The molecule has 6 nitrogen and oxygen atoms in total. The van der Waals surface area contributed by atoms with Gasteiger partial charge in [0.2, 0.25) is 0 Å². The highest BCUT2D eigenvalue weighted by atomic mass is 16.2. The maximum Gasteiger partial charge on any atom is 0.308 e. The van der Waals surface area contributed by atoms with Crippen molar-refractivity contribution < 1.29 is 9.82 Å². The average molecular weight is 380 g/mol. The first kappa shape index (κ1) is 21.6. The number of nitrogens with one attached hydrogen (secondary N) is 2. The molecule has 0 radical (unpaired) electrons. The summed E-state index contributed by atoms with van der Waals surface area (Å²) in [6.45, 7) is 9.60. The smallest absolute Gasteiger partial charge is 0.308 e. The number of nitrogens with zero attached hydrogens (tertiary/aromatic N) is 2. The second kappa shape index (κ2) is 10.6. The SMILES string of the molecule is C=C(N[C@@H](CC(C)C)B(C)O)C(Cc1ccccc1)NC(=O)c1cnccn1. The zero-order valence-electron chi connectivity index (χ0n) is 16.8. The van der Waals surface area contributed by atoms with Crippen molar-refractivity contribution in [2.45, 2.75) is 45.5 Å². The first-order chi connectivity index (χ1) is 13.4. The third kappa shape index (κ3) is 6.81. The number of hydrogen-bond donors (Lipinski definition) is 3. The summed E-state index contributed by atoms with van der Waals surface area (Å²) in [4.78, 5) is 20.6. The van der Waals surface area contributed by atoms with Crippen LogP contribution in [0.3, 0.4) is 0 Å². The summed E-state index contributed by atoms with van der Waals surface area (Å²) in [5.74, 6) is -0.0321. The van der Waals surface area contributed by atoms with Crippen molar-refractivity contribution in [1.29, 1.82) is 0 Å². The van der Waals surface area contributed by atoms with E-state index in [-0.39, 0.29) is 23.6 Å². The number of amides is 1. The Hall–Kier alpha value is -2.67. The predicted octanol–water partition coefficient (Wildman–Crippen LogP) is 2.49. The number of hydrogen-bond acceptors (Lipinski definition) is 5. The highest BCUT2D eigenvalue weighted by Gasteiger charge is 2.25. The van der Waals surface area contributed by atoms with Crippen LogP contribution in [-0.2, 0) is 6.42 Å². The van der Waals surface area contributed by atoms with Crippen LogP contribution in [0.2, 0.25) is 6.82 Å². The zero-order chi connectivity index (χ0) is 20.5. The normalized spacial score (nSPS) is 12.9. The van der Waals surface area contributed by atoms with E-state index in [9.17, 15) is 9.82 Å². The second-order valence-electron chi connectivity index (χ2n) is 7.45. The number of aromatic nitrogens is 2. The first-order valence-electron chi connectivity index (χ1n) is 9.61. The molecule has 2 atom stereocenters. The van der Waals surface area contributed by atoms with Gasteiger partial charge in [-0.1, -0.05) is 57.6 Å². The molecule has 1 aromatic carbocycles. The van der Waals surface area contributed by atoms with Crippen molar-refractivity contribution in [1.82, 2.24) is 20.6 Å². The lowest BCUT2D eigenvalue weighted by atomic mass is 9.61. The number of carbonyl (C=O) groups excluding carboxylic acids is 1. The van der Waals surface area contributed by atoms with E-state index in [4.69, 9.17) is 0 Å². The molecule has 0 aliphatic carbocycles. The summed E-state index contributed by atoms with van der Waals surface area (Å²) in [5, 5.41) is 16.5. The van der Waals surface area contributed by atoms with E-state index in [1.807, 2.05) is 30.3 Å². The van der Waals surface area contributed by atoms with Crippen LogP contribution >= 0.6 is 0 Å². The summed E-state index contributed by atoms with van der Waals surface area (Å²) in [6.07, 6.45) is 5.82. The van der Waals surface area contributed by atoms with Gasteiger partial charge in [-0.25, -0.2) is 4.98 Å². The van der Waals surface area contributed by atoms with E-state index in [1.54, 1.807) is 6.82 Å². The van der Waals surface area contributed by atoms with Crippen LogP contribution in [0.15, 0.2) is 61.2 Å². The van der Waals surface area contributed by atoms with E-state index in [1.165, 1.54) is 18.6 Å². The quantitative estimate of drug-likeness (QED) is 0.552. The molecule has 3 N–H and O–H groups in total. The Morgan fingerprint density at radius 2 is 1.93 bits per heavy atom. The Kier molecular flexibility index (Phi) is 8.20. The third-order valence-corrected chi connectivity index (χ3v) is 4.48. The largest absolute Gasteiger partial charge is 0.449 e. The van der Waals surface area contributed by atoms with Gasteiger partial charge in [-0.3, -0.25) is 9.78 Å². The fourth-order valence-corrected chi connectivity index (χ4v) is 2.98. The van der Waals surface area contributed by atoms with E-state index in [0.717, 1.165) is 12.0 Å². The highest BCUT2D eigenvalue weighted by Crippen LogP contribution is 2.13. The van der Waals surface area contributed by atoms with Crippen molar-refractivity contribution in [2.75, 3.05) is 0 Å². The molecule has 0 fully saturated rings. The highest BCUT2D eigenvalue weighted by molar-refractivity contribution is 6.50. The third-order valence-electron chi connectivity index (χ3n) is 4.48. The lowest BCUT2D eigenvalue weighted by molar-refractivity contribution is 0.0936. The van der Waals surface area contributed by atoms with Crippen molar-refractivity contribution in [3.8, 4) is 0 Å². The van der Waals surface area contributed by atoms with E-state index < -0.39 is 6.92 Å². The number of carbonyl (C=O) groups is 1. The Morgan fingerprint density at radius 3 is 2.50 bits per heavy atom. The maximum absolute atomic E-state index is 12.6. The van der Waals surface area contributed by atoms with Gasteiger partial charge >= 0.3 is 6.92 Å². The van der Waals surface area contributed by atoms with Crippen molar-refractivity contribution in [2.24, 2.45) is 5.92 Å². The molecular weight excluding hydrogens is 351 g/mol. The molecule has 0 aliphatic heterocycles. The Balaban J connectivity index is 2.16. The number of benzene rings is 1. The Bertz CT molecular complexity index is 754. The molecule has 0 aliphatic rings. The second-order valence-corrected chi connectivity index (χ2v) is 7.45. The van der Waals surface area contributed by atoms with Gasteiger partial charge in [0.1, 0.15) is 5.69 Å². The summed E-state index contributed by atoms with van der Waals surface area (Å²) >= 11 is 0. The number of rotatable bonds is 10. The molecule has 1 unspecified atom stereocenters. The van der Waals surface area contributed by atoms with Gasteiger partial charge in [0.15, 0.2) is 0 Å². The molecular formula is C21H29BN4O2. The van der Waals surface area contributed by atoms with Crippen LogP contribution < -0.4 is 10.6 Å². The molecule has 7 heteroatoms. The molecule has 0 spiro atoms. The summed E-state index contributed by atoms with van der Waals surface area (Å²) in [5.41, 5.74) is 1.99. The minimum atomic E-state index is -0.535. The standard InChI is InChI=1S/C21H29BN4O2/c1-15(2)12-20(22(4)28)25-16(3)18(13-17-8-6-5-7-9-17)26-21(27)19-14-23-10-11-24-19/h5-11,14-15,18,20,25,28H,3,12-13H2,1-2,4H3,(H,26,27)/t18?,20-/m0/s1. The van der Waals surface area contributed by atoms with Gasteiger partial charge in [-0.05, 0) is 24.3 Å². The van der Waals surface area contributed by atoms with Crippen LogP contribution in [0.1, 0.15) is 36.3 Å². The fraction of sp³-hybridized carbons (Fsp3) is 0.381. The molecule has 28 heavy (non-hydrogen) atoms. The van der Waals surface area contributed by atoms with Crippen LogP contribution in [-0.4, -0.2) is 39.8 Å². The molecule has 0 saturated heterocycles.